The minimum Gasteiger partial charge on any atom is -0.481 e. The Kier molecular flexibility index (Phi) is 3.96. The quantitative estimate of drug-likeness (QED) is 0.899. The zero-order valence-corrected chi connectivity index (χ0v) is 15.0. The first kappa shape index (κ1) is 16.4. The van der Waals surface area contributed by atoms with Crippen molar-refractivity contribution < 1.29 is 14.6 Å². The third-order valence-electron chi connectivity index (χ3n) is 5.31. The van der Waals surface area contributed by atoms with Crippen molar-refractivity contribution in [3.8, 4) is 5.88 Å². The fraction of sp³-hybridized carbons (Fsp3) is 0.529. The lowest BCUT2D eigenvalue weighted by molar-refractivity contribution is -0.0493. The summed E-state index contributed by atoms with van der Waals surface area (Å²) in [5.41, 5.74) is 0.352. The van der Waals surface area contributed by atoms with Crippen LogP contribution in [0.5, 0.6) is 5.88 Å². The number of aromatic nitrogens is 3. The van der Waals surface area contributed by atoms with Crippen LogP contribution in [0.3, 0.4) is 0 Å². The molecule has 132 valence electrons. The molecule has 3 atom stereocenters. The lowest BCUT2D eigenvalue weighted by atomic mass is 9.80. The number of amides is 1. The smallest absolute Gasteiger partial charge is 0.268 e. The molecule has 2 aliphatic rings. The van der Waals surface area contributed by atoms with Crippen LogP contribution < -0.4 is 4.74 Å². The van der Waals surface area contributed by atoms with Crippen molar-refractivity contribution in [3.05, 3.63) is 34.5 Å². The van der Waals surface area contributed by atoms with E-state index >= 15 is 0 Å². The van der Waals surface area contributed by atoms with Crippen molar-refractivity contribution in [2.24, 2.45) is 0 Å². The van der Waals surface area contributed by atoms with Gasteiger partial charge in [0.2, 0.25) is 5.88 Å². The van der Waals surface area contributed by atoms with Gasteiger partial charge in [-0.05, 0) is 43.4 Å². The molecule has 2 saturated heterocycles. The van der Waals surface area contributed by atoms with Crippen LogP contribution in [0.25, 0.3) is 0 Å². The second kappa shape index (κ2) is 6.03. The average Bonchev–Trinajstić information content (AvgIpc) is 3.16. The zero-order valence-electron chi connectivity index (χ0n) is 14.2. The van der Waals surface area contributed by atoms with Gasteiger partial charge in [-0.15, -0.1) is 5.10 Å². The molecule has 2 aliphatic heterocycles. The summed E-state index contributed by atoms with van der Waals surface area (Å²) in [5, 5.41) is 15.3. The second-order valence-electron chi connectivity index (χ2n) is 6.78. The Morgan fingerprint density at radius 2 is 2.12 bits per heavy atom. The van der Waals surface area contributed by atoms with Crippen molar-refractivity contribution in [3.63, 3.8) is 0 Å². The number of hydrogen-bond acceptors (Lipinski definition) is 7. The maximum absolute atomic E-state index is 13.0. The van der Waals surface area contributed by atoms with Gasteiger partial charge < -0.3 is 14.7 Å². The van der Waals surface area contributed by atoms with Crippen LogP contribution in [-0.2, 0) is 5.60 Å². The summed E-state index contributed by atoms with van der Waals surface area (Å²) < 4.78 is 9.21. The molecular formula is C17H20N4O3S. The first-order valence-electron chi connectivity index (χ1n) is 8.37. The highest BCUT2D eigenvalue weighted by Crippen LogP contribution is 2.48. The molecule has 4 rings (SSSR count). The molecule has 2 aromatic heterocycles. The van der Waals surface area contributed by atoms with E-state index in [9.17, 15) is 9.90 Å². The molecule has 7 nitrogen and oxygen atoms in total. The first-order chi connectivity index (χ1) is 12.0. The number of fused-ring (bicyclic) bond motifs is 2. The standard InChI is InChI=1S/C17H20N4O3S/c1-10-14(25-20-19-10)16(22)21-11-5-6-12(21)9-17(23,8-11)13-4-3-7-18-15(13)24-2/h3-4,7,11-12,23H,5-6,8-9H2,1-2H3/t11-,12+,17?. The van der Waals surface area contributed by atoms with E-state index in [-0.39, 0.29) is 18.0 Å². The minimum atomic E-state index is -1.02. The van der Waals surface area contributed by atoms with Crippen LogP contribution >= 0.6 is 11.5 Å². The highest BCUT2D eigenvalue weighted by atomic mass is 32.1. The summed E-state index contributed by atoms with van der Waals surface area (Å²) in [6.45, 7) is 1.80. The van der Waals surface area contributed by atoms with E-state index < -0.39 is 5.60 Å². The average molecular weight is 360 g/mol. The van der Waals surface area contributed by atoms with Crippen LogP contribution in [0.2, 0.25) is 0 Å². The molecule has 0 aliphatic carbocycles. The number of hydrogen-bond donors (Lipinski definition) is 1. The Bertz CT molecular complexity index is 795. The predicted molar refractivity (Wildman–Crippen MR) is 91.5 cm³/mol. The summed E-state index contributed by atoms with van der Waals surface area (Å²) in [6.07, 6.45) is 4.42. The lowest BCUT2D eigenvalue weighted by Crippen LogP contribution is -2.52. The van der Waals surface area contributed by atoms with Crippen LogP contribution in [0, 0.1) is 6.92 Å². The number of methoxy groups -OCH3 is 1. The Hall–Kier alpha value is -2.06. The van der Waals surface area contributed by atoms with Gasteiger partial charge in [-0.25, -0.2) is 4.98 Å². The van der Waals surface area contributed by atoms with Gasteiger partial charge in [0, 0.05) is 36.7 Å². The highest BCUT2D eigenvalue weighted by Gasteiger charge is 2.51. The number of nitrogens with zero attached hydrogens (tertiary/aromatic N) is 4. The van der Waals surface area contributed by atoms with Gasteiger partial charge in [0.15, 0.2) is 0 Å². The first-order valence-corrected chi connectivity index (χ1v) is 9.14. The van der Waals surface area contributed by atoms with Crippen molar-refractivity contribution in [1.82, 2.24) is 19.5 Å². The van der Waals surface area contributed by atoms with Crippen molar-refractivity contribution in [2.45, 2.75) is 50.3 Å². The highest BCUT2D eigenvalue weighted by molar-refractivity contribution is 7.07. The SMILES string of the molecule is COc1ncccc1C1(O)C[C@H]2CC[C@@H](C1)N2C(=O)c1snnc1C. The zero-order chi connectivity index (χ0) is 17.6. The van der Waals surface area contributed by atoms with Crippen molar-refractivity contribution >= 4 is 17.4 Å². The van der Waals surface area contributed by atoms with Gasteiger partial charge in [0.05, 0.1) is 18.4 Å². The number of pyridine rings is 1. The van der Waals surface area contributed by atoms with E-state index in [0.29, 0.717) is 34.9 Å². The van der Waals surface area contributed by atoms with Gasteiger partial charge in [0.1, 0.15) is 4.88 Å². The normalized spacial score (nSPS) is 28.2. The van der Waals surface area contributed by atoms with Crippen LogP contribution in [0.15, 0.2) is 18.3 Å². The van der Waals surface area contributed by atoms with Gasteiger partial charge in [0.25, 0.3) is 5.91 Å². The summed E-state index contributed by atoms with van der Waals surface area (Å²) in [7, 11) is 1.56. The third-order valence-corrected chi connectivity index (χ3v) is 6.13. The fourth-order valence-electron chi connectivity index (χ4n) is 4.23. The van der Waals surface area contributed by atoms with E-state index in [1.807, 2.05) is 17.0 Å². The summed E-state index contributed by atoms with van der Waals surface area (Å²) in [4.78, 5) is 19.7. The van der Waals surface area contributed by atoms with E-state index in [1.54, 1.807) is 20.2 Å². The number of carbonyl (C=O) groups is 1. The Morgan fingerprint density at radius 3 is 2.72 bits per heavy atom. The van der Waals surface area contributed by atoms with E-state index in [2.05, 4.69) is 14.6 Å². The van der Waals surface area contributed by atoms with Gasteiger partial charge in [-0.1, -0.05) is 4.49 Å². The summed E-state index contributed by atoms with van der Waals surface area (Å²) in [6, 6.07) is 3.67. The van der Waals surface area contributed by atoms with E-state index in [1.165, 1.54) is 0 Å². The molecule has 0 saturated carbocycles. The largest absolute Gasteiger partial charge is 0.481 e. The molecule has 1 amide bonds. The molecule has 8 heteroatoms. The maximum atomic E-state index is 13.0. The maximum Gasteiger partial charge on any atom is 0.268 e. The molecule has 1 unspecified atom stereocenters. The molecule has 2 bridgehead atoms. The van der Waals surface area contributed by atoms with Gasteiger partial charge >= 0.3 is 0 Å². The molecule has 2 aromatic rings. The van der Waals surface area contributed by atoms with Crippen LogP contribution in [0.4, 0.5) is 0 Å². The Balaban J connectivity index is 1.64. The number of aliphatic hydroxyl groups is 1. The van der Waals surface area contributed by atoms with Crippen LogP contribution in [0.1, 0.15) is 46.6 Å². The topological polar surface area (TPSA) is 88.4 Å². The minimum absolute atomic E-state index is 0.00247. The van der Waals surface area contributed by atoms with Crippen molar-refractivity contribution in [2.75, 3.05) is 7.11 Å². The molecular weight excluding hydrogens is 340 g/mol. The lowest BCUT2D eigenvalue weighted by Gasteiger charge is -2.44. The number of piperidine rings is 1. The molecule has 1 N–H and O–H groups in total. The predicted octanol–water partition coefficient (Wildman–Crippen LogP) is 1.90. The second-order valence-corrected chi connectivity index (χ2v) is 7.54. The fourth-order valence-corrected chi connectivity index (χ4v) is 4.83. The molecule has 2 fully saturated rings. The van der Waals surface area contributed by atoms with Crippen molar-refractivity contribution in [1.29, 1.82) is 0 Å². The summed E-state index contributed by atoms with van der Waals surface area (Å²) in [5.74, 6) is 0.437. The third kappa shape index (κ3) is 2.60. The number of ether oxygens (including phenoxy) is 1. The van der Waals surface area contributed by atoms with Crippen LogP contribution in [-0.4, -0.2) is 49.7 Å². The summed E-state index contributed by atoms with van der Waals surface area (Å²) >= 11 is 1.14. The van der Waals surface area contributed by atoms with E-state index in [0.717, 1.165) is 24.4 Å². The molecule has 0 spiro atoms. The number of rotatable bonds is 3. The molecule has 4 heterocycles. The van der Waals surface area contributed by atoms with Gasteiger partial charge in [-0.3, -0.25) is 4.79 Å². The Labute approximate surface area is 149 Å². The molecule has 0 aromatic carbocycles. The Morgan fingerprint density at radius 1 is 1.40 bits per heavy atom. The monoisotopic (exact) mass is 360 g/mol. The number of aryl methyl sites for hydroxylation is 1. The van der Waals surface area contributed by atoms with Gasteiger partial charge in [-0.2, -0.15) is 0 Å². The number of carbonyl (C=O) groups excluding carboxylic acids is 1. The molecule has 0 radical (unpaired) electrons. The molecule has 25 heavy (non-hydrogen) atoms. The van der Waals surface area contributed by atoms with E-state index in [4.69, 9.17) is 4.74 Å².